The number of nitrogens with zero attached hydrogens (tertiary/aromatic N) is 2. The fraction of sp³-hybridized carbons (Fsp3) is 0.889. The van der Waals surface area contributed by atoms with Gasteiger partial charge in [-0.15, -0.1) is 0 Å². The Labute approximate surface area is 79.9 Å². The van der Waals surface area contributed by atoms with Crippen molar-refractivity contribution in [2.75, 3.05) is 40.8 Å². The lowest BCUT2D eigenvalue weighted by Crippen LogP contribution is -2.43. The van der Waals surface area contributed by atoms with Crippen LogP contribution in [0.15, 0.2) is 0 Å². The maximum atomic E-state index is 11.6. The van der Waals surface area contributed by atoms with E-state index in [1.54, 1.807) is 19.0 Å². The average Bonchev–Trinajstić information content (AvgIpc) is 2.28. The third kappa shape index (κ3) is 2.97. The normalized spacial score (nSPS) is 25.3. The minimum absolute atomic E-state index is 0.0138. The summed E-state index contributed by atoms with van der Waals surface area (Å²) >= 11 is 0. The predicted octanol–water partition coefficient (Wildman–Crippen LogP) is -0.632. The summed E-state index contributed by atoms with van der Waals surface area (Å²) in [7, 11) is 5.70. The Hall–Kier alpha value is -0.610. The topological polar surface area (TPSA) is 35.6 Å². The Morgan fingerprint density at radius 3 is 2.77 bits per heavy atom. The molecular formula is C9H19N3O. The Morgan fingerprint density at radius 1 is 1.46 bits per heavy atom. The molecule has 76 valence electrons. The number of likely N-dealkylation sites (N-methyl/N-ethyl adjacent to an activating group) is 2. The molecule has 0 saturated carbocycles. The van der Waals surface area contributed by atoms with E-state index in [0.717, 1.165) is 26.1 Å². The third-order valence-electron chi connectivity index (χ3n) is 2.42. The van der Waals surface area contributed by atoms with Gasteiger partial charge in [-0.3, -0.25) is 4.79 Å². The average molecular weight is 185 g/mol. The number of amides is 1. The molecular weight excluding hydrogens is 166 g/mol. The van der Waals surface area contributed by atoms with Gasteiger partial charge in [-0.1, -0.05) is 0 Å². The highest BCUT2D eigenvalue weighted by Gasteiger charge is 2.21. The van der Waals surface area contributed by atoms with Gasteiger partial charge in [0.1, 0.15) is 0 Å². The maximum absolute atomic E-state index is 11.6. The molecule has 0 radical (unpaired) electrons. The summed E-state index contributed by atoms with van der Waals surface area (Å²) < 4.78 is 0. The molecule has 0 spiro atoms. The zero-order chi connectivity index (χ0) is 9.84. The Kier molecular flexibility index (Phi) is 3.69. The molecule has 1 rings (SSSR count). The molecule has 4 heteroatoms. The van der Waals surface area contributed by atoms with Crippen molar-refractivity contribution in [1.82, 2.24) is 15.1 Å². The molecule has 0 bridgehead atoms. The van der Waals surface area contributed by atoms with Crippen molar-refractivity contribution in [3.8, 4) is 0 Å². The van der Waals surface area contributed by atoms with E-state index in [2.05, 4.69) is 17.3 Å². The quantitative estimate of drug-likeness (QED) is 0.591. The summed E-state index contributed by atoms with van der Waals surface area (Å²) in [6.07, 6.45) is 0.910. The van der Waals surface area contributed by atoms with Crippen LogP contribution in [0.3, 0.4) is 0 Å². The first-order valence-corrected chi connectivity index (χ1v) is 4.74. The molecule has 1 fully saturated rings. The second-order valence-electron chi connectivity index (χ2n) is 3.83. The first-order chi connectivity index (χ1) is 6.11. The summed E-state index contributed by atoms with van der Waals surface area (Å²) in [4.78, 5) is 15.5. The number of nitrogens with one attached hydrogen (secondary N) is 1. The van der Waals surface area contributed by atoms with E-state index in [0.29, 0.717) is 0 Å². The number of hydrogen-bond donors (Lipinski definition) is 1. The summed E-state index contributed by atoms with van der Waals surface area (Å²) in [5, 5.41) is 3.26. The number of carbonyl (C=O) groups is 1. The largest absolute Gasteiger partial charge is 0.347 e. The third-order valence-corrected chi connectivity index (χ3v) is 2.42. The van der Waals surface area contributed by atoms with Crippen molar-refractivity contribution in [3.63, 3.8) is 0 Å². The van der Waals surface area contributed by atoms with E-state index in [1.807, 2.05) is 0 Å². The molecule has 1 saturated heterocycles. The van der Waals surface area contributed by atoms with Gasteiger partial charge in [0.25, 0.3) is 0 Å². The lowest BCUT2D eigenvalue weighted by molar-refractivity contribution is -0.130. The van der Waals surface area contributed by atoms with Crippen LogP contribution in [0.5, 0.6) is 0 Å². The Morgan fingerprint density at radius 2 is 2.15 bits per heavy atom. The summed E-state index contributed by atoms with van der Waals surface area (Å²) in [6.45, 7) is 2.93. The highest BCUT2D eigenvalue weighted by molar-refractivity contribution is 5.81. The molecule has 4 nitrogen and oxygen atoms in total. The molecule has 1 amide bonds. The first kappa shape index (κ1) is 10.5. The van der Waals surface area contributed by atoms with Crippen LogP contribution in [0.4, 0.5) is 0 Å². The van der Waals surface area contributed by atoms with E-state index < -0.39 is 0 Å². The van der Waals surface area contributed by atoms with Crippen LogP contribution in [0.1, 0.15) is 6.42 Å². The van der Waals surface area contributed by atoms with E-state index in [9.17, 15) is 4.79 Å². The van der Waals surface area contributed by atoms with Crippen LogP contribution in [-0.4, -0.2) is 62.5 Å². The molecule has 0 aliphatic carbocycles. The van der Waals surface area contributed by atoms with Crippen molar-refractivity contribution in [3.05, 3.63) is 0 Å². The van der Waals surface area contributed by atoms with Crippen molar-refractivity contribution < 1.29 is 4.79 Å². The zero-order valence-electron chi connectivity index (χ0n) is 8.71. The number of hydrogen-bond acceptors (Lipinski definition) is 3. The van der Waals surface area contributed by atoms with Crippen LogP contribution in [0.25, 0.3) is 0 Å². The van der Waals surface area contributed by atoms with Crippen molar-refractivity contribution in [2.45, 2.75) is 12.5 Å². The van der Waals surface area contributed by atoms with E-state index in [4.69, 9.17) is 0 Å². The SMILES string of the molecule is CN1CCNC(C(=O)N(C)C)CC1. The zero-order valence-corrected chi connectivity index (χ0v) is 8.71. The van der Waals surface area contributed by atoms with Crippen LogP contribution in [0, 0.1) is 0 Å². The van der Waals surface area contributed by atoms with Crippen molar-refractivity contribution in [2.24, 2.45) is 0 Å². The highest BCUT2D eigenvalue weighted by atomic mass is 16.2. The number of carbonyl (C=O) groups excluding carboxylic acids is 1. The second-order valence-corrected chi connectivity index (χ2v) is 3.83. The van der Waals surface area contributed by atoms with E-state index in [-0.39, 0.29) is 11.9 Å². The first-order valence-electron chi connectivity index (χ1n) is 4.74. The number of rotatable bonds is 1. The molecule has 1 heterocycles. The van der Waals surface area contributed by atoms with Crippen LogP contribution >= 0.6 is 0 Å². The molecule has 1 unspecified atom stereocenters. The molecule has 1 aliphatic heterocycles. The van der Waals surface area contributed by atoms with E-state index >= 15 is 0 Å². The van der Waals surface area contributed by atoms with Gasteiger partial charge < -0.3 is 15.1 Å². The monoisotopic (exact) mass is 185 g/mol. The van der Waals surface area contributed by atoms with Gasteiger partial charge in [-0.25, -0.2) is 0 Å². The van der Waals surface area contributed by atoms with Gasteiger partial charge >= 0.3 is 0 Å². The second kappa shape index (κ2) is 4.58. The van der Waals surface area contributed by atoms with Gasteiger partial charge in [0.05, 0.1) is 6.04 Å². The Balaban J connectivity index is 2.46. The summed E-state index contributed by atoms with van der Waals surface area (Å²) in [5.74, 6) is 0.190. The molecule has 0 aromatic heterocycles. The van der Waals surface area contributed by atoms with Gasteiger partial charge in [-0.05, 0) is 20.0 Å². The van der Waals surface area contributed by atoms with Gasteiger partial charge in [0, 0.05) is 27.2 Å². The van der Waals surface area contributed by atoms with Gasteiger partial charge in [0.15, 0.2) is 0 Å². The van der Waals surface area contributed by atoms with Crippen LogP contribution < -0.4 is 5.32 Å². The standard InChI is InChI=1S/C9H19N3O/c1-11(2)9(13)8-4-6-12(3)7-5-10-8/h8,10H,4-7H2,1-3H3. The lowest BCUT2D eigenvalue weighted by Gasteiger charge is -2.19. The predicted molar refractivity (Wildman–Crippen MR) is 52.6 cm³/mol. The summed E-state index contributed by atoms with van der Waals surface area (Å²) in [6, 6.07) is 0.0138. The minimum atomic E-state index is 0.0138. The molecule has 1 atom stereocenters. The fourth-order valence-corrected chi connectivity index (χ4v) is 1.52. The molecule has 0 aromatic rings. The van der Waals surface area contributed by atoms with Crippen LogP contribution in [0.2, 0.25) is 0 Å². The molecule has 13 heavy (non-hydrogen) atoms. The summed E-state index contributed by atoms with van der Waals surface area (Å²) in [5.41, 5.74) is 0. The van der Waals surface area contributed by atoms with E-state index in [1.165, 1.54) is 0 Å². The Bertz CT molecular complexity index is 182. The molecule has 0 aromatic carbocycles. The smallest absolute Gasteiger partial charge is 0.239 e. The van der Waals surface area contributed by atoms with Crippen LogP contribution in [-0.2, 0) is 4.79 Å². The van der Waals surface area contributed by atoms with Gasteiger partial charge in [0.2, 0.25) is 5.91 Å². The minimum Gasteiger partial charge on any atom is -0.347 e. The van der Waals surface area contributed by atoms with Crippen molar-refractivity contribution >= 4 is 5.91 Å². The lowest BCUT2D eigenvalue weighted by atomic mass is 10.2. The fourth-order valence-electron chi connectivity index (χ4n) is 1.52. The van der Waals surface area contributed by atoms with Gasteiger partial charge in [-0.2, -0.15) is 0 Å². The van der Waals surface area contributed by atoms with Crippen molar-refractivity contribution in [1.29, 1.82) is 0 Å². The molecule has 1 N–H and O–H groups in total. The highest BCUT2D eigenvalue weighted by Crippen LogP contribution is 2.01. The molecule has 1 aliphatic rings. The maximum Gasteiger partial charge on any atom is 0.239 e.